The molecule has 0 bridgehead atoms. The summed E-state index contributed by atoms with van der Waals surface area (Å²) in [4.78, 5) is 10.7. The minimum absolute atomic E-state index is 0.291. The lowest BCUT2D eigenvalue weighted by molar-refractivity contribution is 0.0697. The SMILES string of the molecule is O=C(O)c1ccc(OCC2CCNCC2)cc1. The normalized spacial score (nSPS) is 16.7. The van der Waals surface area contributed by atoms with E-state index in [1.807, 2.05) is 0 Å². The fraction of sp³-hybridized carbons (Fsp3) is 0.462. The number of hydrogen-bond donors (Lipinski definition) is 2. The van der Waals surface area contributed by atoms with Gasteiger partial charge in [-0.1, -0.05) is 0 Å². The van der Waals surface area contributed by atoms with Crippen LogP contribution in [0.2, 0.25) is 0 Å². The first-order valence-electron chi connectivity index (χ1n) is 5.92. The van der Waals surface area contributed by atoms with E-state index in [1.54, 1.807) is 24.3 Å². The predicted octanol–water partition coefficient (Wildman–Crippen LogP) is 1.76. The molecule has 2 N–H and O–H groups in total. The maximum atomic E-state index is 10.7. The summed E-state index contributed by atoms with van der Waals surface area (Å²) < 4.78 is 5.66. The highest BCUT2D eigenvalue weighted by molar-refractivity contribution is 5.87. The van der Waals surface area contributed by atoms with E-state index in [0.717, 1.165) is 31.7 Å². The molecule has 0 amide bonds. The Labute approximate surface area is 101 Å². The molecule has 1 saturated heterocycles. The summed E-state index contributed by atoms with van der Waals surface area (Å²) in [6, 6.07) is 6.56. The third-order valence-electron chi connectivity index (χ3n) is 3.05. The number of carbonyl (C=O) groups is 1. The maximum absolute atomic E-state index is 10.7. The van der Waals surface area contributed by atoms with E-state index in [9.17, 15) is 4.79 Å². The molecule has 1 aliphatic heterocycles. The monoisotopic (exact) mass is 235 g/mol. The zero-order chi connectivity index (χ0) is 12.1. The van der Waals surface area contributed by atoms with Crippen molar-refractivity contribution in [2.75, 3.05) is 19.7 Å². The number of aromatic carboxylic acids is 1. The Kier molecular flexibility index (Phi) is 3.98. The van der Waals surface area contributed by atoms with Gasteiger partial charge in [-0.05, 0) is 56.1 Å². The van der Waals surface area contributed by atoms with Gasteiger partial charge in [-0.3, -0.25) is 0 Å². The van der Waals surface area contributed by atoms with Crippen LogP contribution in [0.1, 0.15) is 23.2 Å². The van der Waals surface area contributed by atoms with Crippen LogP contribution in [-0.2, 0) is 0 Å². The van der Waals surface area contributed by atoms with Gasteiger partial charge in [0.15, 0.2) is 0 Å². The molecule has 1 fully saturated rings. The number of ether oxygens (including phenoxy) is 1. The first-order valence-corrected chi connectivity index (χ1v) is 5.92. The molecule has 2 rings (SSSR count). The second-order valence-corrected chi connectivity index (χ2v) is 4.33. The smallest absolute Gasteiger partial charge is 0.335 e. The van der Waals surface area contributed by atoms with E-state index < -0.39 is 5.97 Å². The van der Waals surface area contributed by atoms with Gasteiger partial charge in [-0.2, -0.15) is 0 Å². The maximum Gasteiger partial charge on any atom is 0.335 e. The van der Waals surface area contributed by atoms with Crippen LogP contribution in [0.5, 0.6) is 5.75 Å². The zero-order valence-electron chi connectivity index (χ0n) is 9.69. The average Bonchev–Trinajstić information content (AvgIpc) is 2.38. The van der Waals surface area contributed by atoms with Gasteiger partial charge in [0, 0.05) is 0 Å². The first kappa shape index (κ1) is 11.9. The molecule has 1 heterocycles. The van der Waals surface area contributed by atoms with Gasteiger partial charge >= 0.3 is 5.97 Å². The molecule has 0 saturated carbocycles. The van der Waals surface area contributed by atoms with Crippen LogP contribution in [0.3, 0.4) is 0 Å². The molecule has 4 heteroatoms. The fourth-order valence-electron chi connectivity index (χ4n) is 1.96. The topological polar surface area (TPSA) is 58.6 Å². The molecule has 0 unspecified atom stereocenters. The molecular formula is C13H17NO3. The highest BCUT2D eigenvalue weighted by Crippen LogP contribution is 2.16. The second kappa shape index (κ2) is 5.68. The fourth-order valence-corrected chi connectivity index (χ4v) is 1.96. The predicted molar refractivity (Wildman–Crippen MR) is 64.5 cm³/mol. The number of nitrogens with one attached hydrogen (secondary N) is 1. The summed E-state index contributed by atoms with van der Waals surface area (Å²) in [5.74, 6) is 0.443. The molecule has 0 aliphatic carbocycles. The van der Waals surface area contributed by atoms with Crippen molar-refractivity contribution in [3.05, 3.63) is 29.8 Å². The number of piperidine rings is 1. The Morgan fingerprint density at radius 1 is 1.29 bits per heavy atom. The molecule has 1 aromatic rings. The van der Waals surface area contributed by atoms with Crippen LogP contribution in [0, 0.1) is 5.92 Å². The first-order chi connectivity index (χ1) is 8.25. The Bertz CT molecular complexity index is 369. The van der Waals surface area contributed by atoms with E-state index in [-0.39, 0.29) is 0 Å². The van der Waals surface area contributed by atoms with Crippen LogP contribution >= 0.6 is 0 Å². The quantitative estimate of drug-likeness (QED) is 0.835. The van der Waals surface area contributed by atoms with Crippen molar-refractivity contribution in [3.8, 4) is 5.75 Å². The molecular weight excluding hydrogens is 218 g/mol. The van der Waals surface area contributed by atoms with Crippen molar-refractivity contribution in [1.29, 1.82) is 0 Å². The standard InChI is InChI=1S/C13H17NO3/c15-13(16)11-1-3-12(4-2-11)17-9-10-5-7-14-8-6-10/h1-4,10,14H,5-9H2,(H,15,16). The molecule has 0 aromatic heterocycles. The highest BCUT2D eigenvalue weighted by atomic mass is 16.5. The van der Waals surface area contributed by atoms with Crippen molar-refractivity contribution in [1.82, 2.24) is 5.32 Å². The summed E-state index contributed by atoms with van der Waals surface area (Å²) in [5.41, 5.74) is 0.291. The minimum atomic E-state index is -0.907. The number of hydrogen-bond acceptors (Lipinski definition) is 3. The van der Waals surface area contributed by atoms with Crippen LogP contribution in [-0.4, -0.2) is 30.8 Å². The third-order valence-corrected chi connectivity index (χ3v) is 3.05. The van der Waals surface area contributed by atoms with Crippen molar-refractivity contribution >= 4 is 5.97 Å². The molecule has 1 aromatic carbocycles. The van der Waals surface area contributed by atoms with Crippen LogP contribution < -0.4 is 10.1 Å². The van der Waals surface area contributed by atoms with Gasteiger partial charge in [0.05, 0.1) is 12.2 Å². The van der Waals surface area contributed by atoms with Crippen LogP contribution in [0.15, 0.2) is 24.3 Å². The van der Waals surface area contributed by atoms with Crippen molar-refractivity contribution in [2.45, 2.75) is 12.8 Å². The summed E-state index contributed by atoms with van der Waals surface area (Å²) in [6.45, 7) is 2.84. The third kappa shape index (κ3) is 3.46. The lowest BCUT2D eigenvalue weighted by Crippen LogP contribution is -2.30. The molecule has 92 valence electrons. The zero-order valence-corrected chi connectivity index (χ0v) is 9.69. The van der Waals surface area contributed by atoms with Crippen molar-refractivity contribution in [2.24, 2.45) is 5.92 Å². The van der Waals surface area contributed by atoms with Crippen molar-refractivity contribution in [3.63, 3.8) is 0 Å². The van der Waals surface area contributed by atoms with Gasteiger partial charge in [-0.15, -0.1) is 0 Å². The van der Waals surface area contributed by atoms with Crippen LogP contribution in [0.25, 0.3) is 0 Å². The minimum Gasteiger partial charge on any atom is -0.493 e. The number of rotatable bonds is 4. The molecule has 0 spiro atoms. The second-order valence-electron chi connectivity index (χ2n) is 4.33. The van der Waals surface area contributed by atoms with Gasteiger partial charge in [0.2, 0.25) is 0 Å². The Morgan fingerprint density at radius 2 is 1.94 bits per heavy atom. The van der Waals surface area contributed by atoms with E-state index in [1.165, 1.54) is 0 Å². The van der Waals surface area contributed by atoms with Crippen molar-refractivity contribution < 1.29 is 14.6 Å². The highest BCUT2D eigenvalue weighted by Gasteiger charge is 2.13. The Morgan fingerprint density at radius 3 is 2.53 bits per heavy atom. The Balaban J connectivity index is 1.84. The van der Waals surface area contributed by atoms with Gasteiger partial charge in [0.25, 0.3) is 0 Å². The van der Waals surface area contributed by atoms with E-state index in [2.05, 4.69) is 5.32 Å². The average molecular weight is 235 g/mol. The largest absolute Gasteiger partial charge is 0.493 e. The summed E-state index contributed by atoms with van der Waals surface area (Å²) in [5, 5.41) is 12.1. The number of benzene rings is 1. The van der Waals surface area contributed by atoms with Gasteiger partial charge < -0.3 is 15.2 Å². The molecule has 4 nitrogen and oxygen atoms in total. The summed E-state index contributed by atoms with van der Waals surface area (Å²) in [6.07, 6.45) is 2.29. The van der Waals surface area contributed by atoms with Crippen LogP contribution in [0.4, 0.5) is 0 Å². The lowest BCUT2D eigenvalue weighted by atomic mass is 9.99. The van der Waals surface area contributed by atoms with E-state index >= 15 is 0 Å². The number of carboxylic acids is 1. The summed E-state index contributed by atoms with van der Waals surface area (Å²) in [7, 11) is 0. The molecule has 0 radical (unpaired) electrons. The summed E-state index contributed by atoms with van der Waals surface area (Å²) >= 11 is 0. The van der Waals surface area contributed by atoms with Gasteiger partial charge in [0.1, 0.15) is 5.75 Å². The van der Waals surface area contributed by atoms with Gasteiger partial charge in [-0.25, -0.2) is 4.79 Å². The molecule has 1 aliphatic rings. The van der Waals surface area contributed by atoms with E-state index in [4.69, 9.17) is 9.84 Å². The molecule has 17 heavy (non-hydrogen) atoms. The Hall–Kier alpha value is -1.55. The molecule has 0 atom stereocenters. The lowest BCUT2D eigenvalue weighted by Gasteiger charge is -2.22. The number of carboxylic acid groups (broad SMARTS) is 1. The van der Waals surface area contributed by atoms with E-state index in [0.29, 0.717) is 18.1 Å².